The van der Waals surface area contributed by atoms with Crippen LogP contribution in [0.15, 0.2) is 18.2 Å². The van der Waals surface area contributed by atoms with Crippen LogP contribution in [0.5, 0.6) is 0 Å². The molecule has 0 atom stereocenters. The Morgan fingerprint density at radius 1 is 1.60 bits per heavy atom. The molecule has 0 radical (unpaired) electrons. The Kier molecular flexibility index (Phi) is 3.69. The summed E-state index contributed by atoms with van der Waals surface area (Å²) in [6.45, 7) is 0. The number of carbonyl (C=O) groups is 1. The summed E-state index contributed by atoms with van der Waals surface area (Å²) >= 11 is 0. The SMILES string of the molecule is COC(=O)CC#Cc1cc(N)ccc1F. The van der Waals surface area contributed by atoms with Crippen molar-refractivity contribution in [2.24, 2.45) is 0 Å². The van der Waals surface area contributed by atoms with E-state index in [1.165, 1.54) is 25.3 Å². The van der Waals surface area contributed by atoms with Crippen LogP contribution in [-0.2, 0) is 9.53 Å². The first-order valence-corrected chi connectivity index (χ1v) is 4.24. The molecule has 78 valence electrons. The number of anilines is 1. The maximum Gasteiger partial charge on any atom is 0.317 e. The van der Waals surface area contributed by atoms with Crippen molar-refractivity contribution in [2.75, 3.05) is 12.8 Å². The molecular weight excluding hydrogens is 197 g/mol. The second-order valence-corrected chi connectivity index (χ2v) is 2.79. The average Bonchev–Trinajstić information content (AvgIpc) is 2.23. The Balaban J connectivity index is 2.79. The minimum atomic E-state index is -0.457. The van der Waals surface area contributed by atoms with E-state index in [-0.39, 0.29) is 12.0 Å². The second kappa shape index (κ2) is 5.01. The number of nitrogens with two attached hydrogens (primary N) is 1. The lowest BCUT2D eigenvalue weighted by atomic mass is 10.2. The summed E-state index contributed by atoms with van der Waals surface area (Å²) in [5.74, 6) is 4.10. The van der Waals surface area contributed by atoms with Crippen molar-refractivity contribution >= 4 is 11.7 Å². The van der Waals surface area contributed by atoms with Gasteiger partial charge in [-0.2, -0.15) is 0 Å². The predicted molar refractivity (Wildman–Crippen MR) is 54.3 cm³/mol. The molecular formula is C11H10FNO2. The summed E-state index contributed by atoms with van der Waals surface area (Å²) in [6, 6.07) is 4.10. The van der Waals surface area contributed by atoms with E-state index in [1.54, 1.807) is 0 Å². The number of methoxy groups -OCH3 is 1. The number of esters is 1. The largest absolute Gasteiger partial charge is 0.468 e. The third kappa shape index (κ3) is 3.31. The monoisotopic (exact) mass is 207 g/mol. The summed E-state index contributed by atoms with van der Waals surface area (Å²) in [4.78, 5) is 10.7. The van der Waals surface area contributed by atoms with Gasteiger partial charge in [0.2, 0.25) is 0 Å². The number of rotatable bonds is 1. The molecule has 0 aliphatic carbocycles. The molecule has 0 unspecified atom stereocenters. The normalized spacial score (nSPS) is 8.93. The van der Waals surface area contributed by atoms with Crippen LogP contribution < -0.4 is 5.73 Å². The van der Waals surface area contributed by atoms with Gasteiger partial charge in [0, 0.05) is 5.69 Å². The number of nitrogen functional groups attached to an aromatic ring is 1. The van der Waals surface area contributed by atoms with E-state index in [9.17, 15) is 9.18 Å². The van der Waals surface area contributed by atoms with Gasteiger partial charge >= 0.3 is 5.97 Å². The van der Waals surface area contributed by atoms with E-state index in [2.05, 4.69) is 16.6 Å². The molecule has 0 bridgehead atoms. The van der Waals surface area contributed by atoms with Crippen molar-refractivity contribution in [3.8, 4) is 11.8 Å². The molecule has 0 saturated heterocycles. The standard InChI is InChI=1S/C11H10FNO2/c1-15-11(14)4-2-3-8-7-9(13)5-6-10(8)12/h5-7H,4,13H2,1H3. The van der Waals surface area contributed by atoms with Gasteiger partial charge in [-0.15, -0.1) is 0 Å². The van der Waals surface area contributed by atoms with E-state index in [0.29, 0.717) is 5.69 Å². The maximum absolute atomic E-state index is 13.1. The van der Waals surface area contributed by atoms with Gasteiger partial charge in [0.05, 0.1) is 12.7 Å². The number of hydrogen-bond donors (Lipinski definition) is 1. The van der Waals surface area contributed by atoms with E-state index < -0.39 is 11.8 Å². The van der Waals surface area contributed by atoms with Crippen LogP contribution in [0.4, 0.5) is 10.1 Å². The summed E-state index contributed by atoms with van der Waals surface area (Å²) in [6.07, 6.45) is -0.0647. The molecule has 0 aliphatic rings. The molecule has 0 aromatic heterocycles. The summed E-state index contributed by atoms with van der Waals surface area (Å²) in [7, 11) is 1.27. The third-order valence-electron chi connectivity index (χ3n) is 1.67. The zero-order valence-electron chi connectivity index (χ0n) is 8.21. The highest BCUT2D eigenvalue weighted by atomic mass is 19.1. The molecule has 0 saturated carbocycles. The maximum atomic E-state index is 13.1. The summed E-state index contributed by atoms with van der Waals surface area (Å²) in [5.41, 5.74) is 6.07. The number of ether oxygens (including phenoxy) is 1. The van der Waals surface area contributed by atoms with Gasteiger partial charge in [-0.1, -0.05) is 11.8 Å². The second-order valence-electron chi connectivity index (χ2n) is 2.79. The van der Waals surface area contributed by atoms with Gasteiger partial charge in [-0.3, -0.25) is 4.79 Å². The fourth-order valence-corrected chi connectivity index (χ4v) is 0.922. The highest BCUT2D eigenvalue weighted by Gasteiger charge is 1.99. The Bertz CT molecular complexity index is 432. The van der Waals surface area contributed by atoms with Gasteiger partial charge < -0.3 is 10.5 Å². The van der Waals surface area contributed by atoms with Crippen LogP contribution in [-0.4, -0.2) is 13.1 Å². The first-order valence-electron chi connectivity index (χ1n) is 4.24. The fraction of sp³-hybridized carbons (Fsp3) is 0.182. The highest BCUT2D eigenvalue weighted by molar-refractivity contribution is 5.72. The van der Waals surface area contributed by atoms with Gasteiger partial charge in [0.25, 0.3) is 0 Å². The topological polar surface area (TPSA) is 52.3 Å². The zero-order chi connectivity index (χ0) is 11.3. The molecule has 0 fully saturated rings. The first kappa shape index (κ1) is 11.1. The molecule has 0 aliphatic heterocycles. The Morgan fingerprint density at radius 2 is 2.33 bits per heavy atom. The van der Waals surface area contributed by atoms with E-state index in [0.717, 1.165) is 0 Å². The molecule has 1 rings (SSSR count). The molecule has 4 heteroatoms. The smallest absolute Gasteiger partial charge is 0.317 e. The number of hydrogen-bond acceptors (Lipinski definition) is 3. The molecule has 3 nitrogen and oxygen atoms in total. The van der Waals surface area contributed by atoms with E-state index in [1.807, 2.05) is 0 Å². The van der Waals surface area contributed by atoms with Crippen molar-refractivity contribution in [2.45, 2.75) is 6.42 Å². The lowest BCUT2D eigenvalue weighted by molar-refractivity contribution is -0.139. The highest BCUT2D eigenvalue weighted by Crippen LogP contribution is 2.10. The van der Waals surface area contributed by atoms with Gasteiger partial charge in [-0.05, 0) is 18.2 Å². The van der Waals surface area contributed by atoms with Crippen LogP contribution in [0.2, 0.25) is 0 Å². The zero-order valence-corrected chi connectivity index (χ0v) is 8.21. The van der Waals surface area contributed by atoms with Crippen LogP contribution in [0, 0.1) is 17.7 Å². The molecule has 2 N–H and O–H groups in total. The van der Waals surface area contributed by atoms with Crippen molar-refractivity contribution in [1.82, 2.24) is 0 Å². The van der Waals surface area contributed by atoms with Crippen LogP contribution in [0.1, 0.15) is 12.0 Å². The molecule has 15 heavy (non-hydrogen) atoms. The number of carbonyl (C=O) groups excluding carboxylic acids is 1. The summed E-state index contributed by atoms with van der Waals surface area (Å²) < 4.78 is 17.5. The van der Waals surface area contributed by atoms with Gasteiger partial charge in [0.15, 0.2) is 0 Å². The first-order chi connectivity index (χ1) is 7.13. The Hall–Kier alpha value is -2.02. The number of benzene rings is 1. The van der Waals surface area contributed by atoms with Crippen LogP contribution >= 0.6 is 0 Å². The van der Waals surface area contributed by atoms with Crippen molar-refractivity contribution in [1.29, 1.82) is 0 Å². The molecule has 1 aromatic rings. The van der Waals surface area contributed by atoms with E-state index >= 15 is 0 Å². The minimum absolute atomic E-state index is 0.0647. The van der Waals surface area contributed by atoms with Crippen molar-refractivity contribution < 1.29 is 13.9 Å². The fourth-order valence-electron chi connectivity index (χ4n) is 0.922. The lowest BCUT2D eigenvalue weighted by Crippen LogP contribution is -1.97. The van der Waals surface area contributed by atoms with Crippen LogP contribution in [0.25, 0.3) is 0 Å². The van der Waals surface area contributed by atoms with Crippen LogP contribution in [0.3, 0.4) is 0 Å². The van der Waals surface area contributed by atoms with Gasteiger partial charge in [0.1, 0.15) is 12.2 Å². The number of halogens is 1. The lowest BCUT2D eigenvalue weighted by Gasteiger charge is -1.95. The Morgan fingerprint density at radius 3 is 3.00 bits per heavy atom. The van der Waals surface area contributed by atoms with Crippen molar-refractivity contribution in [3.05, 3.63) is 29.6 Å². The Labute approximate surface area is 87.0 Å². The summed E-state index contributed by atoms with van der Waals surface area (Å²) in [5, 5.41) is 0. The molecule has 0 heterocycles. The predicted octanol–water partition coefficient (Wildman–Crippen LogP) is 1.32. The molecule has 0 amide bonds. The van der Waals surface area contributed by atoms with E-state index in [4.69, 9.17) is 5.73 Å². The molecule has 1 aromatic carbocycles. The molecule has 0 spiro atoms. The third-order valence-corrected chi connectivity index (χ3v) is 1.67. The minimum Gasteiger partial charge on any atom is -0.468 e. The average molecular weight is 207 g/mol. The quantitative estimate of drug-likeness (QED) is 0.429. The van der Waals surface area contributed by atoms with Crippen molar-refractivity contribution in [3.63, 3.8) is 0 Å². The van der Waals surface area contributed by atoms with Gasteiger partial charge in [-0.25, -0.2) is 4.39 Å².